The average molecular weight is 212 g/mol. The maximum atomic E-state index is 3.72. The van der Waals surface area contributed by atoms with Crippen LogP contribution in [0.15, 0.2) is 61.2 Å². The Morgan fingerprint density at radius 3 is 2.06 bits per heavy atom. The Labute approximate surface area is 99.0 Å². The highest BCUT2D eigenvalue weighted by molar-refractivity contribution is 5.45. The van der Waals surface area contributed by atoms with Crippen LogP contribution in [0, 0.1) is 0 Å². The van der Waals surface area contributed by atoms with Gasteiger partial charge in [0.2, 0.25) is 0 Å². The molecule has 1 aliphatic rings. The van der Waals surface area contributed by atoms with E-state index in [0.717, 1.165) is 0 Å². The maximum absolute atomic E-state index is 3.72. The lowest BCUT2D eigenvalue weighted by molar-refractivity contribution is 0.712. The zero-order chi connectivity index (χ0) is 11.6. The summed E-state index contributed by atoms with van der Waals surface area (Å²) in [7, 11) is 0. The van der Waals surface area contributed by atoms with Gasteiger partial charge in [-0.25, -0.2) is 0 Å². The minimum absolute atomic E-state index is 1.17. The van der Waals surface area contributed by atoms with E-state index >= 15 is 0 Å². The Morgan fingerprint density at radius 2 is 1.69 bits per heavy atom. The fraction of sp³-hybridized carbons (Fsp3) is 0.250. The van der Waals surface area contributed by atoms with Crippen molar-refractivity contribution in [3.05, 3.63) is 66.8 Å². The predicted molar refractivity (Wildman–Crippen MR) is 73.3 cm³/mol. The molecule has 0 heteroatoms. The Bertz CT molecular complexity index is 344. The Hall–Kier alpha value is -1.56. The van der Waals surface area contributed by atoms with Crippen molar-refractivity contribution in [2.45, 2.75) is 25.7 Å². The molecule has 0 saturated heterocycles. The van der Waals surface area contributed by atoms with Crippen LogP contribution in [0.1, 0.15) is 31.2 Å². The molecule has 1 aliphatic carbocycles. The molecule has 0 heterocycles. The Morgan fingerprint density at radius 1 is 0.938 bits per heavy atom. The van der Waals surface area contributed by atoms with Crippen molar-refractivity contribution in [3.8, 4) is 0 Å². The second-order valence-corrected chi connectivity index (χ2v) is 3.84. The summed E-state index contributed by atoms with van der Waals surface area (Å²) >= 11 is 0. The summed E-state index contributed by atoms with van der Waals surface area (Å²) in [6, 6.07) is 10.0. The molecular weight excluding hydrogens is 192 g/mol. The van der Waals surface area contributed by atoms with Gasteiger partial charge >= 0.3 is 0 Å². The molecular formula is C16H20. The summed E-state index contributed by atoms with van der Waals surface area (Å²) in [5.74, 6) is 0. The third-order valence-corrected chi connectivity index (χ3v) is 2.62. The first-order valence-electron chi connectivity index (χ1n) is 5.86. The molecule has 0 saturated carbocycles. The maximum Gasteiger partial charge on any atom is -0.0263 e. The quantitative estimate of drug-likeness (QED) is 0.647. The van der Waals surface area contributed by atoms with Gasteiger partial charge in [0.1, 0.15) is 0 Å². The smallest absolute Gasteiger partial charge is 0.0263 e. The zero-order valence-corrected chi connectivity index (χ0v) is 9.86. The molecule has 0 fully saturated rings. The number of hydrogen-bond donors (Lipinski definition) is 0. The van der Waals surface area contributed by atoms with E-state index in [0.29, 0.717) is 0 Å². The van der Waals surface area contributed by atoms with Crippen LogP contribution in [0.3, 0.4) is 0 Å². The molecule has 0 spiro atoms. The van der Waals surface area contributed by atoms with Gasteiger partial charge in [-0.3, -0.25) is 0 Å². The van der Waals surface area contributed by atoms with Gasteiger partial charge in [0.25, 0.3) is 0 Å². The van der Waals surface area contributed by atoms with Crippen molar-refractivity contribution in [1.29, 1.82) is 0 Å². The van der Waals surface area contributed by atoms with Gasteiger partial charge in [0, 0.05) is 0 Å². The molecule has 0 aromatic heterocycles. The third kappa shape index (κ3) is 4.79. The van der Waals surface area contributed by atoms with Crippen molar-refractivity contribution >= 4 is 6.08 Å². The van der Waals surface area contributed by atoms with Crippen LogP contribution in [-0.4, -0.2) is 0 Å². The molecule has 0 aliphatic heterocycles. The molecule has 1 aromatic carbocycles. The first kappa shape index (κ1) is 12.5. The van der Waals surface area contributed by atoms with Crippen LogP contribution >= 0.6 is 0 Å². The molecule has 0 N–H and O–H groups in total. The molecule has 2 rings (SSSR count). The monoisotopic (exact) mass is 212 g/mol. The van der Waals surface area contributed by atoms with Crippen LogP contribution in [0.2, 0.25) is 0 Å². The van der Waals surface area contributed by atoms with E-state index in [4.69, 9.17) is 0 Å². The lowest BCUT2D eigenvalue weighted by atomic mass is 10.0. The summed E-state index contributed by atoms with van der Waals surface area (Å²) in [6.07, 6.45) is 11.3. The number of rotatable bonds is 2. The van der Waals surface area contributed by atoms with Crippen molar-refractivity contribution in [3.63, 3.8) is 0 Å². The van der Waals surface area contributed by atoms with Crippen molar-refractivity contribution < 1.29 is 0 Å². The standard InChI is InChI=1S/C8H12.C8H8/c2*1-2-8-6-4-3-5-7-8/h2,6H,1,3-5,7H2;2-7H,1H2. The van der Waals surface area contributed by atoms with E-state index in [1.165, 1.54) is 36.8 Å². The summed E-state index contributed by atoms with van der Waals surface area (Å²) in [6.45, 7) is 7.35. The topological polar surface area (TPSA) is 0 Å². The minimum atomic E-state index is 1.17. The fourth-order valence-electron chi connectivity index (χ4n) is 1.64. The van der Waals surface area contributed by atoms with E-state index in [1.54, 1.807) is 0 Å². The average Bonchev–Trinajstić information content (AvgIpc) is 2.41. The highest BCUT2D eigenvalue weighted by Crippen LogP contribution is 2.16. The van der Waals surface area contributed by atoms with Gasteiger partial charge in [0.05, 0.1) is 0 Å². The second kappa shape index (κ2) is 7.70. The van der Waals surface area contributed by atoms with E-state index in [2.05, 4.69) is 19.2 Å². The largest absolute Gasteiger partial charge is 0.0988 e. The normalized spacial score (nSPS) is 14.1. The molecule has 84 valence electrons. The molecule has 1 aromatic rings. The number of hydrogen-bond acceptors (Lipinski definition) is 0. The predicted octanol–water partition coefficient (Wildman–Crippen LogP) is 5.00. The first-order valence-corrected chi connectivity index (χ1v) is 5.86. The SMILES string of the molecule is C=CC1=CCCCC1.C=Cc1ccccc1. The molecule has 16 heavy (non-hydrogen) atoms. The van der Waals surface area contributed by atoms with Crippen LogP contribution in [0.5, 0.6) is 0 Å². The summed E-state index contributed by atoms with van der Waals surface area (Å²) < 4.78 is 0. The summed E-state index contributed by atoms with van der Waals surface area (Å²) in [4.78, 5) is 0. The molecule has 0 unspecified atom stereocenters. The van der Waals surface area contributed by atoms with E-state index in [1.807, 2.05) is 42.5 Å². The lowest BCUT2D eigenvalue weighted by Gasteiger charge is -2.06. The molecule has 0 amide bonds. The second-order valence-electron chi connectivity index (χ2n) is 3.84. The van der Waals surface area contributed by atoms with Crippen LogP contribution < -0.4 is 0 Å². The highest BCUT2D eigenvalue weighted by atomic mass is 14.0. The zero-order valence-electron chi connectivity index (χ0n) is 9.86. The van der Waals surface area contributed by atoms with Gasteiger partial charge in [-0.2, -0.15) is 0 Å². The lowest BCUT2D eigenvalue weighted by Crippen LogP contribution is -1.86. The minimum Gasteiger partial charge on any atom is -0.0988 e. The third-order valence-electron chi connectivity index (χ3n) is 2.62. The van der Waals surface area contributed by atoms with E-state index < -0.39 is 0 Å². The Balaban J connectivity index is 0.000000160. The molecule has 0 radical (unpaired) electrons. The van der Waals surface area contributed by atoms with Gasteiger partial charge in [-0.1, -0.05) is 67.3 Å². The summed E-state index contributed by atoms with van der Waals surface area (Å²) in [5.41, 5.74) is 2.61. The first-order chi connectivity index (χ1) is 7.86. The van der Waals surface area contributed by atoms with Gasteiger partial charge < -0.3 is 0 Å². The van der Waals surface area contributed by atoms with Gasteiger partial charge in [-0.05, 0) is 31.2 Å². The van der Waals surface area contributed by atoms with Crippen LogP contribution in [-0.2, 0) is 0 Å². The van der Waals surface area contributed by atoms with Crippen LogP contribution in [0.25, 0.3) is 6.08 Å². The molecule has 0 nitrogen and oxygen atoms in total. The fourth-order valence-corrected chi connectivity index (χ4v) is 1.64. The van der Waals surface area contributed by atoms with Crippen molar-refractivity contribution in [1.82, 2.24) is 0 Å². The molecule has 0 atom stereocenters. The highest BCUT2D eigenvalue weighted by Gasteiger charge is 1.97. The number of allylic oxidation sites excluding steroid dienone is 3. The number of benzene rings is 1. The van der Waals surface area contributed by atoms with Gasteiger partial charge in [0.15, 0.2) is 0 Å². The summed E-state index contributed by atoms with van der Waals surface area (Å²) in [5, 5.41) is 0. The van der Waals surface area contributed by atoms with Crippen molar-refractivity contribution in [2.24, 2.45) is 0 Å². The molecule has 0 bridgehead atoms. The van der Waals surface area contributed by atoms with Crippen molar-refractivity contribution in [2.75, 3.05) is 0 Å². The van der Waals surface area contributed by atoms with E-state index in [9.17, 15) is 0 Å². The van der Waals surface area contributed by atoms with Crippen LogP contribution in [0.4, 0.5) is 0 Å². The Kier molecular flexibility index (Phi) is 6.02. The van der Waals surface area contributed by atoms with Gasteiger partial charge in [-0.15, -0.1) is 0 Å². The van der Waals surface area contributed by atoms with E-state index in [-0.39, 0.29) is 0 Å².